The van der Waals surface area contributed by atoms with E-state index in [1.54, 1.807) is 43.5 Å². The number of rotatable bonds is 6. The molecule has 3 heterocycles. The van der Waals surface area contributed by atoms with Crippen LogP contribution >= 0.6 is 0 Å². The molecule has 166 valence electrons. The van der Waals surface area contributed by atoms with Crippen molar-refractivity contribution in [3.05, 3.63) is 82.5 Å². The van der Waals surface area contributed by atoms with Crippen LogP contribution in [0.4, 0.5) is 5.69 Å². The van der Waals surface area contributed by atoms with Crippen molar-refractivity contribution in [2.75, 3.05) is 19.2 Å². The van der Waals surface area contributed by atoms with E-state index in [1.807, 2.05) is 0 Å². The lowest BCUT2D eigenvalue weighted by Crippen LogP contribution is -2.24. The molecule has 1 aliphatic rings. The minimum Gasteiger partial charge on any atom is -0.497 e. The third-order valence-corrected chi connectivity index (χ3v) is 5.25. The van der Waals surface area contributed by atoms with E-state index in [0.29, 0.717) is 28.5 Å². The summed E-state index contributed by atoms with van der Waals surface area (Å²) in [4.78, 5) is 38.9. The number of furan rings is 1. The zero-order valence-electron chi connectivity index (χ0n) is 17.5. The van der Waals surface area contributed by atoms with Gasteiger partial charge in [0.1, 0.15) is 12.3 Å². The first-order chi connectivity index (χ1) is 16.0. The van der Waals surface area contributed by atoms with E-state index in [2.05, 4.69) is 5.32 Å². The van der Waals surface area contributed by atoms with Crippen molar-refractivity contribution in [3.63, 3.8) is 0 Å². The second kappa shape index (κ2) is 8.19. The number of carbonyl (C=O) groups excluding carboxylic acids is 2. The van der Waals surface area contributed by atoms with Gasteiger partial charge in [0.25, 0.3) is 0 Å². The van der Waals surface area contributed by atoms with Crippen LogP contribution in [-0.4, -0.2) is 30.2 Å². The van der Waals surface area contributed by atoms with Crippen LogP contribution in [0.3, 0.4) is 0 Å². The molecule has 9 nitrogen and oxygen atoms in total. The van der Waals surface area contributed by atoms with Crippen molar-refractivity contribution >= 4 is 28.3 Å². The summed E-state index contributed by atoms with van der Waals surface area (Å²) >= 11 is 0. The van der Waals surface area contributed by atoms with Crippen molar-refractivity contribution in [2.45, 2.75) is 6.54 Å². The SMILES string of the molecule is COc1ccc(NC(=O)Cn2cc(C(=O)c3ccco3)c(=O)c3cc4c(cc32)OCO4)cc1. The lowest BCUT2D eigenvalue weighted by atomic mass is 10.1. The fourth-order valence-corrected chi connectivity index (χ4v) is 3.64. The minimum atomic E-state index is -0.575. The Hall–Kier alpha value is -4.53. The van der Waals surface area contributed by atoms with Crippen molar-refractivity contribution in [2.24, 2.45) is 0 Å². The predicted octanol–water partition coefficient (Wildman–Crippen LogP) is 3.20. The lowest BCUT2D eigenvalue weighted by Gasteiger charge is -2.14. The average Bonchev–Trinajstić information content (AvgIpc) is 3.52. The van der Waals surface area contributed by atoms with Crippen LogP contribution < -0.4 is 25.0 Å². The van der Waals surface area contributed by atoms with E-state index in [1.165, 1.54) is 29.2 Å². The van der Waals surface area contributed by atoms with Gasteiger partial charge in [-0.15, -0.1) is 0 Å². The highest BCUT2D eigenvalue weighted by molar-refractivity contribution is 6.08. The van der Waals surface area contributed by atoms with Gasteiger partial charge < -0.3 is 28.5 Å². The highest BCUT2D eigenvalue weighted by atomic mass is 16.7. The molecule has 0 fully saturated rings. The van der Waals surface area contributed by atoms with E-state index in [0.717, 1.165) is 0 Å². The van der Waals surface area contributed by atoms with E-state index in [9.17, 15) is 14.4 Å². The van der Waals surface area contributed by atoms with Gasteiger partial charge in [-0.1, -0.05) is 0 Å². The van der Waals surface area contributed by atoms with Crippen molar-refractivity contribution < 1.29 is 28.2 Å². The summed E-state index contributed by atoms with van der Waals surface area (Å²) in [5.41, 5.74) is 0.408. The second-order valence-electron chi connectivity index (χ2n) is 7.31. The molecule has 0 saturated carbocycles. The van der Waals surface area contributed by atoms with E-state index in [4.69, 9.17) is 18.6 Å². The third kappa shape index (κ3) is 3.80. The molecule has 1 amide bonds. The summed E-state index contributed by atoms with van der Waals surface area (Å²) in [6.07, 6.45) is 2.72. The standard InChI is InChI=1S/C24H18N2O7/c1-30-15-6-4-14(5-7-15)25-22(27)12-26-11-17(24(29)19-3-2-8-31-19)23(28)16-9-20-21(10-18(16)26)33-13-32-20/h2-11H,12-13H2,1H3,(H,25,27). The van der Waals surface area contributed by atoms with Crippen LogP contribution in [0, 0.1) is 0 Å². The topological polar surface area (TPSA) is 109 Å². The number of ether oxygens (including phenoxy) is 3. The number of aromatic nitrogens is 1. The number of carbonyl (C=O) groups is 2. The molecule has 5 rings (SSSR count). The number of nitrogens with zero attached hydrogens (tertiary/aromatic N) is 1. The Morgan fingerprint density at radius 2 is 1.85 bits per heavy atom. The number of amides is 1. The molecule has 2 aromatic carbocycles. The second-order valence-corrected chi connectivity index (χ2v) is 7.31. The number of fused-ring (bicyclic) bond motifs is 2. The minimum absolute atomic E-state index is 0.0238. The summed E-state index contributed by atoms with van der Waals surface area (Å²) in [5.74, 6) is 0.624. The fraction of sp³-hybridized carbons (Fsp3) is 0.125. The summed E-state index contributed by atoms with van der Waals surface area (Å²) in [6.45, 7) is -0.128. The molecular formula is C24H18N2O7. The highest BCUT2D eigenvalue weighted by Gasteiger charge is 2.23. The van der Waals surface area contributed by atoms with Gasteiger partial charge in [0.2, 0.25) is 23.9 Å². The molecule has 0 saturated heterocycles. The molecule has 2 aromatic heterocycles. The maximum Gasteiger partial charge on any atom is 0.244 e. The van der Waals surface area contributed by atoms with Crippen LogP contribution in [0.5, 0.6) is 17.2 Å². The van der Waals surface area contributed by atoms with Crippen molar-refractivity contribution in [1.82, 2.24) is 4.57 Å². The Morgan fingerprint density at radius 1 is 1.09 bits per heavy atom. The Bertz CT molecular complexity index is 1420. The molecule has 0 unspecified atom stereocenters. The number of methoxy groups -OCH3 is 1. The molecule has 0 radical (unpaired) electrons. The monoisotopic (exact) mass is 446 g/mol. The summed E-state index contributed by atoms with van der Waals surface area (Å²) in [5, 5.41) is 3.03. The van der Waals surface area contributed by atoms with Gasteiger partial charge in [-0.05, 0) is 42.5 Å². The summed E-state index contributed by atoms with van der Waals surface area (Å²) < 4.78 is 22.7. The Kier molecular flexibility index (Phi) is 5.06. The van der Waals surface area contributed by atoms with Crippen LogP contribution in [0.2, 0.25) is 0 Å². The maximum atomic E-state index is 13.2. The quantitative estimate of drug-likeness (QED) is 0.453. The summed E-state index contributed by atoms with van der Waals surface area (Å²) in [6, 6.07) is 13.1. The highest BCUT2D eigenvalue weighted by Crippen LogP contribution is 2.35. The number of nitrogens with one attached hydrogen (secondary N) is 1. The molecule has 1 N–H and O–H groups in total. The van der Waals surface area contributed by atoms with E-state index >= 15 is 0 Å². The number of ketones is 1. The molecular weight excluding hydrogens is 428 g/mol. The first-order valence-electron chi connectivity index (χ1n) is 10.0. The van der Waals surface area contributed by atoms with Gasteiger partial charge in [0.15, 0.2) is 17.3 Å². The number of hydrogen-bond acceptors (Lipinski definition) is 7. The first kappa shape index (κ1) is 20.4. The first-order valence-corrected chi connectivity index (χ1v) is 10.0. The molecule has 0 atom stereocenters. The third-order valence-electron chi connectivity index (χ3n) is 5.25. The average molecular weight is 446 g/mol. The van der Waals surface area contributed by atoms with Gasteiger partial charge in [-0.25, -0.2) is 0 Å². The van der Waals surface area contributed by atoms with Crippen molar-refractivity contribution in [1.29, 1.82) is 0 Å². The smallest absolute Gasteiger partial charge is 0.244 e. The Labute approximate surface area is 187 Å². The largest absolute Gasteiger partial charge is 0.497 e. The van der Waals surface area contributed by atoms with Gasteiger partial charge in [-0.2, -0.15) is 0 Å². The predicted molar refractivity (Wildman–Crippen MR) is 118 cm³/mol. The fourth-order valence-electron chi connectivity index (χ4n) is 3.64. The lowest BCUT2D eigenvalue weighted by molar-refractivity contribution is -0.116. The molecule has 1 aliphatic heterocycles. The van der Waals surface area contributed by atoms with Crippen LogP contribution in [0.15, 0.2) is 70.2 Å². The van der Waals surface area contributed by atoms with Crippen LogP contribution in [0.1, 0.15) is 16.1 Å². The Balaban J connectivity index is 1.55. The van der Waals surface area contributed by atoms with Crippen LogP contribution in [0.25, 0.3) is 10.9 Å². The van der Waals surface area contributed by atoms with Crippen molar-refractivity contribution in [3.8, 4) is 17.2 Å². The zero-order chi connectivity index (χ0) is 22.9. The van der Waals surface area contributed by atoms with Crippen LogP contribution in [-0.2, 0) is 11.3 Å². The van der Waals surface area contributed by atoms with Gasteiger partial charge >= 0.3 is 0 Å². The van der Waals surface area contributed by atoms with Gasteiger partial charge in [0, 0.05) is 18.0 Å². The molecule has 33 heavy (non-hydrogen) atoms. The molecule has 0 bridgehead atoms. The maximum absolute atomic E-state index is 13.2. The number of pyridine rings is 1. The molecule has 0 aliphatic carbocycles. The molecule has 0 spiro atoms. The summed E-state index contributed by atoms with van der Waals surface area (Å²) in [7, 11) is 1.56. The number of anilines is 1. The Morgan fingerprint density at radius 3 is 2.55 bits per heavy atom. The number of benzene rings is 2. The normalized spacial score (nSPS) is 12.0. The molecule has 9 heteroatoms. The van der Waals surface area contributed by atoms with Gasteiger partial charge in [0.05, 0.1) is 29.8 Å². The zero-order valence-corrected chi connectivity index (χ0v) is 17.5. The van der Waals surface area contributed by atoms with E-state index < -0.39 is 11.2 Å². The number of hydrogen-bond donors (Lipinski definition) is 1. The van der Waals surface area contributed by atoms with Gasteiger partial charge in [-0.3, -0.25) is 14.4 Å². The molecule has 4 aromatic rings. The van der Waals surface area contributed by atoms with E-state index in [-0.39, 0.29) is 36.0 Å².